The van der Waals surface area contributed by atoms with Gasteiger partial charge in [-0.2, -0.15) is 0 Å². The molecule has 5 nitrogen and oxygen atoms in total. The first kappa shape index (κ1) is 22.8. The van der Waals surface area contributed by atoms with Gasteiger partial charge in [-0.25, -0.2) is 0 Å². The lowest BCUT2D eigenvalue weighted by Crippen LogP contribution is -2.39. The quantitative estimate of drug-likeness (QED) is 0.557. The van der Waals surface area contributed by atoms with E-state index in [0.29, 0.717) is 23.3 Å². The van der Waals surface area contributed by atoms with Gasteiger partial charge in [-0.05, 0) is 57.2 Å². The van der Waals surface area contributed by atoms with Gasteiger partial charge in [-0.3, -0.25) is 9.59 Å². The van der Waals surface area contributed by atoms with Gasteiger partial charge in [0.25, 0.3) is 5.91 Å². The van der Waals surface area contributed by atoms with Crippen molar-refractivity contribution in [2.75, 3.05) is 25.0 Å². The fourth-order valence-electron chi connectivity index (χ4n) is 4.75. The highest BCUT2D eigenvalue weighted by atomic mass is 16.5. The summed E-state index contributed by atoms with van der Waals surface area (Å²) in [6.07, 6.45) is 12.0. The van der Waals surface area contributed by atoms with Crippen LogP contribution in [0.25, 0.3) is 0 Å². The van der Waals surface area contributed by atoms with Crippen molar-refractivity contribution in [2.45, 2.75) is 89.9 Å². The lowest BCUT2D eigenvalue weighted by atomic mass is 9.97. The van der Waals surface area contributed by atoms with Gasteiger partial charge < -0.3 is 14.5 Å². The first-order valence-electron chi connectivity index (χ1n) is 11.8. The molecule has 1 aliphatic heterocycles. The summed E-state index contributed by atoms with van der Waals surface area (Å²) >= 11 is 0. The van der Waals surface area contributed by atoms with Crippen LogP contribution in [-0.4, -0.2) is 55.5 Å². The third-order valence-electron chi connectivity index (χ3n) is 6.83. The maximum absolute atomic E-state index is 13.1. The molecule has 1 aromatic rings. The van der Waals surface area contributed by atoms with Gasteiger partial charge in [0, 0.05) is 37.4 Å². The average molecular weight is 415 g/mol. The highest BCUT2D eigenvalue weighted by Crippen LogP contribution is 2.28. The van der Waals surface area contributed by atoms with Crippen molar-refractivity contribution in [1.82, 2.24) is 4.90 Å². The van der Waals surface area contributed by atoms with Gasteiger partial charge in [-0.15, -0.1) is 0 Å². The Kier molecular flexibility index (Phi) is 8.32. The molecule has 1 aromatic carbocycles. The van der Waals surface area contributed by atoms with Crippen molar-refractivity contribution < 1.29 is 14.3 Å². The Morgan fingerprint density at radius 3 is 2.47 bits per heavy atom. The average Bonchev–Trinajstić information content (AvgIpc) is 2.79. The third-order valence-corrected chi connectivity index (χ3v) is 6.83. The summed E-state index contributed by atoms with van der Waals surface area (Å²) in [5.74, 6) is -0.0737. The van der Waals surface area contributed by atoms with Crippen LogP contribution in [0.3, 0.4) is 0 Å². The number of hydrogen-bond acceptors (Lipinski definition) is 4. The monoisotopic (exact) mass is 414 g/mol. The van der Waals surface area contributed by atoms with Crippen LogP contribution in [-0.2, 0) is 4.74 Å². The summed E-state index contributed by atoms with van der Waals surface area (Å²) in [6.45, 7) is 6.03. The first-order chi connectivity index (χ1) is 14.5. The van der Waals surface area contributed by atoms with Crippen LogP contribution in [0, 0.1) is 0 Å². The number of carbonyl (C=O) groups is 2. The zero-order valence-corrected chi connectivity index (χ0v) is 18.9. The maximum Gasteiger partial charge on any atom is 0.254 e. The van der Waals surface area contributed by atoms with E-state index in [9.17, 15) is 9.59 Å². The standard InChI is InChI=1S/C25H38N2O3/c1-4-8-19(2)26(3)25(29)24-17-21(12-11-20(24)18-28)27-15-13-23(14-16-27)30-22-9-6-5-7-10-22/h11-12,17-19,22-23H,4-10,13-16H2,1-3H3. The Morgan fingerprint density at radius 2 is 1.83 bits per heavy atom. The molecule has 0 aromatic heterocycles. The van der Waals surface area contributed by atoms with Crippen molar-refractivity contribution in [3.63, 3.8) is 0 Å². The van der Waals surface area contributed by atoms with Crippen molar-refractivity contribution >= 4 is 17.9 Å². The summed E-state index contributed by atoms with van der Waals surface area (Å²) < 4.78 is 6.36. The van der Waals surface area contributed by atoms with Crippen LogP contribution in [0.15, 0.2) is 18.2 Å². The zero-order valence-electron chi connectivity index (χ0n) is 18.9. The SMILES string of the molecule is CCCC(C)N(C)C(=O)c1cc(N2CCC(OC3CCCCC3)CC2)ccc1C=O. The Balaban J connectivity index is 1.64. The number of nitrogens with zero attached hydrogens (tertiary/aromatic N) is 2. The largest absolute Gasteiger partial charge is 0.375 e. The van der Waals surface area contributed by atoms with E-state index in [1.165, 1.54) is 32.1 Å². The lowest BCUT2D eigenvalue weighted by molar-refractivity contribution is -0.0395. The van der Waals surface area contributed by atoms with E-state index in [0.717, 1.165) is 50.7 Å². The van der Waals surface area contributed by atoms with E-state index in [-0.39, 0.29) is 11.9 Å². The molecule has 2 fully saturated rings. The van der Waals surface area contributed by atoms with Crippen LogP contribution in [0.5, 0.6) is 0 Å². The number of anilines is 1. The van der Waals surface area contributed by atoms with E-state index < -0.39 is 0 Å². The summed E-state index contributed by atoms with van der Waals surface area (Å²) in [7, 11) is 1.83. The van der Waals surface area contributed by atoms with Crippen molar-refractivity contribution in [2.24, 2.45) is 0 Å². The Labute approximate surface area is 181 Å². The fourth-order valence-corrected chi connectivity index (χ4v) is 4.75. The van der Waals surface area contributed by atoms with Crippen molar-refractivity contribution in [3.05, 3.63) is 29.3 Å². The van der Waals surface area contributed by atoms with Gasteiger partial charge in [0.1, 0.15) is 0 Å². The number of amides is 1. The summed E-state index contributed by atoms with van der Waals surface area (Å²) in [4.78, 5) is 28.7. The number of aldehydes is 1. The van der Waals surface area contributed by atoms with Crippen LogP contribution in [0.1, 0.15) is 92.4 Å². The predicted octanol–water partition coefficient (Wildman–Crippen LogP) is 5.08. The molecule has 0 bridgehead atoms. The molecule has 1 saturated carbocycles. The zero-order chi connectivity index (χ0) is 21.5. The predicted molar refractivity (Wildman–Crippen MR) is 121 cm³/mol. The minimum absolute atomic E-state index is 0.0737. The highest BCUT2D eigenvalue weighted by Gasteiger charge is 2.26. The molecule has 1 atom stereocenters. The number of ether oxygens (including phenoxy) is 1. The van der Waals surface area contributed by atoms with Crippen molar-refractivity contribution in [1.29, 1.82) is 0 Å². The van der Waals surface area contributed by atoms with Crippen LogP contribution < -0.4 is 4.90 Å². The molecule has 1 unspecified atom stereocenters. The summed E-state index contributed by atoms with van der Waals surface area (Å²) in [5, 5.41) is 0. The second-order valence-electron chi connectivity index (χ2n) is 9.03. The molecule has 0 radical (unpaired) electrons. The molecule has 1 aliphatic carbocycles. The van der Waals surface area contributed by atoms with E-state index >= 15 is 0 Å². The molecule has 2 aliphatic rings. The van der Waals surface area contributed by atoms with Crippen LogP contribution in [0.2, 0.25) is 0 Å². The van der Waals surface area contributed by atoms with E-state index in [4.69, 9.17) is 4.74 Å². The minimum Gasteiger partial charge on any atom is -0.375 e. The number of hydrogen-bond donors (Lipinski definition) is 0. The second-order valence-corrected chi connectivity index (χ2v) is 9.03. The Hall–Kier alpha value is -1.88. The van der Waals surface area contributed by atoms with Crippen LogP contribution >= 0.6 is 0 Å². The summed E-state index contributed by atoms with van der Waals surface area (Å²) in [6, 6.07) is 5.82. The molecular formula is C25H38N2O3. The molecule has 30 heavy (non-hydrogen) atoms. The molecule has 166 valence electrons. The molecule has 5 heteroatoms. The fraction of sp³-hybridized carbons (Fsp3) is 0.680. The van der Waals surface area contributed by atoms with E-state index in [2.05, 4.69) is 18.7 Å². The van der Waals surface area contributed by atoms with Crippen molar-refractivity contribution in [3.8, 4) is 0 Å². The maximum atomic E-state index is 13.1. The molecule has 1 heterocycles. The highest BCUT2D eigenvalue weighted by molar-refractivity contribution is 6.02. The minimum atomic E-state index is -0.0737. The van der Waals surface area contributed by atoms with Gasteiger partial charge >= 0.3 is 0 Å². The number of rotatable bonds is 8. The Morgan fingerprint density at radius 1 is 1.17 bits per heavy atom. The molecule has 1 amide bonds. The van der Waals surface area contributed by atoms with E-state index in [1.807, 2.05) is 19.2 Å². The van der Waals surface area contributed by atoms with Crippen LogP contribution in [0.4, 0.5) is 5.69 Å². The molecule has 0 spiro atoms. The molecule has 0 N–H and O–H groups in total. The topological polar surface area (TPSA) is 49.9 Å². The smallest absolute Gasteiger partial charge is 0.254 e. The third kappa shape index (κ3) is 5.63. The molecule has 1 saturated heterocycles. The molecule has 3 rings (SSSR count). The number of carbonyl (C=O) groups excluding carboxylic acids is 2. The normalized spacial score (nSPS) is 19.5. The number of benzene rings is 1. The van der Waals surface area contributed by atoms with Gasteiger partial charge in [0.2, 0.25) is 0 Å². The molecular weight excluding hydrogens is 376 g/mol. The van der Waals surface area contributed by atoms with E-state index in [1.54, 1.807) is 11.0 Å². The van der Waals surface area contributed by atoms with Gasteiger partial charge in [0.15, 0.2) is 6.29 Å². The Bertz CT molecular complexity index is 706. The summed E-state index contributed by atoms with van der Waals surface area (Å²) in [5.41, 5.74) is 2.00. The lowest BCUT2D eigenvalue weighted by Gasteiger charge is -2.36. The first-order valence-corrected chi connectivity index (χ1v) is 11.8. The van der Waals surface area contributed by atoms with Gasteiger partial charge in [0.05, 0.1) is 17.8 Å². The number of piperidine rings is 1. The van der Waals surface area contributed by atoms with Gasteiger partial charge in [-0.1, -0.05) is 32.6 Å². The second kappa shape index (κ2) is 10.9.